The van der Waals surface area contributed by atoms with Crippen molar-refractivity contribution in [3.63, 3.8) is 0 Å². The quantitative estimate of drug-likeness (QED) is 0.669. The van der Waals surface area contributed by atoms with Crippen molar-refractivity contribution in [2.45, 2.75) is 19.9 Å². The van der Waals surface area contributed by atoms with Gasteiger partial charge in [0.2, 0.25) is 0 Å². The highest BCUT2D eigenvalue weighted by molar-refractivity contribution is 5.18. The van der Waals surface area contributed by atoms with Crippen LogP contribution in [0.4, 0.5) is 0 Å². The van der Waals surface area contributed by atoms with Crippen LogP contribution in [0.3, 0.4) is 0 Å². The van der Waals surface area contributed by atoms with Crippen LogP contribution in [-0.2, 0) is 9.47 Å². The van der Waals surface area contributed by atoms with Gasteiger partial charge < -0.3 is 14.8 Å². The van der Waals surface area contributed by atoms with Gasteiger partial charge in [-0.25, -0.2) is 0 Å². The molecule has 0 aliphatic carbocycles. The summed E-state index contributed by atoms with van der Waals surface area (Å²) in [6, 6.07) is 10.7. The van der Waals surface area contributed by atoms with Crippen LogP contribution >= 0.6 is 0 Å². The van der Waals surface area contributed by atoms with Gasteiger partial charge in [0.25, 0.3) is 0 Å². The minimum Gasteiger partial charge on any atom is -0.379 e. The summed E-state index contributed by atoms with van der Waals surface area (Å²) < 4.78 is 10.9. The molecule has 3 nitrogen and oxygen atoms in total. The lowest BCUT2D eigenvalue weighted by Gasteiger charge is -2.18. The molecule has 0 aromatic heterocycles. The van der Waals surface area contributed by atoms with Gasteiger partial charge in [0.1, 0.15) is 0 Å². The van der Waals surface area contributed by atoms with Gasteiger partial charge in [0.05, 0.1) is 25.9 Å². The largest absolute Gasteiger partial charge is 0.379 e. The maximum absolute atomic E-state index is 5.62. The van der Waals surface area contributed by atoms with Crippen molar-refractivity contribution in [1.82, 2.24) is 5.32 Å². The van der Waals surface area contributed by atoms with Crippen LogP contribution in [0.2, 0.25) is 0 Å². The summed E-state index contributed by atoms with van der Waals surface area (Å²) in [6.45, 7) is 7.80. The zero-order valence-corrected chi connectivity index (χ0v) is 10.8. The molecule has 0 aliphatic rings. The fourth-order valence-corrected chi connectivity index (χ4v) is 1.67. The predicted octanol–water partition coefficient (Wildman–Crippen LogP) is 2.39. The van der Waals surface area contributed by atoms with Crippen molar-refractivity contribution in [3.8, 4) is 0 Å². The molecule has 0 spiro atoms. The van der Waals surface area contributed by atoms with Gasteiger partial charge in [0, 0.05) is 6.61 Å². The van der Waals surface area contributed by atoms with E-state index in [1.807, 2.05) is 13.0 Å². The van der Waals surface area contributed by atoms with Crippen molar-refractivity contribution in [2.75, 3.05) is 33.0 Å². The first-order valence-electron chi connectivity index (χ1n) is 6.32. The Morgan fingerprint density at radius 2 is 1.76 bits per heavy atom. The molecule has 0 aliphatic heterocycles. The Kier molecular flexibility index (Phi) is 7.63. The second-order valence-corrected chi connectivity index (χ2v) is 3.79. The van der Waals surface area contributed by atoms with Crippen LogP contribution in [0.15, 0.2) is 30.3 Å². The summed E-state index contributed by atoms with van der Waals surface area (Å²) >= 11 is 0. The minimum atomic E-state index is 0.267. The molecule has 0 saturated heterocycles. The van der Waals surface area contributed by atoms with Crippen molar-refractivity contribution in [2.24, 2.45) is 0 Å². The molecule has 1 aromatic carbocycles. The Hall–Kier alpha value is -0.900. The Morgan fingerprint density at radius 3 is 2.41 bits per heavy atom. The molecule has 0 heterocycles. The van der Waals surface area contributed by atoms with Crippen molar-refractivity contribution in [3.05, 3.63) is 35.9 Å². The number of hydrogen-bond acceptors (Lipinski definition) is 3. The van der Waals surface area contributed by atoms with Crippen LogP contribution in [0, 0.1) is 0 Å². The molecule has 1 unspecified atom stereocenters. The molecule has 0 saturated carbocycles. The van der Waals surface area contributed by atoms with E-state index >= 15 is 0 Å². The monoisotopic (exact) mass is 237 g/mol. The standard InChI is InChI=1S/C14H23NO2/c1-3-15-14(12-17-11-10-16-4-2)13-8-6-5-7-9-13/h5-9,14-15H,3-4,10-12H2,1-2H3. The van der Waals surface area contributed by atoms with Gasteiger partial charge in [-0.2, -0.15) is 0 Å². The smallest absolute Gasteiger partial charge is 0.0701 e. The van der Waals surface area contributed by atoms with E-state index in [0.29, 0.717) is 19.8 Å². The lowest BCUT2D eigenvalue weighted by Crippen LogP contribution is -2.26. The Bertz CT molecular complexity index is 277. The van der Waals surface area contributed by atoms with Crippen LogP contribution < -0.4 is 5.32 Å². The van der Waals surface area contributed by atoms with E-state index in [4.69, 9.17) is 9.47 Å². The molecule has 1 aromatic rings. The second kappa shape index (κ2) is 9.16. The zero-order chi connectivity index (χ0) is 12.3. The second-order valence-electron chi connectivity index (χ2n) is 3.79. The van der Waals surface area contributed by atoms with E-state index in [1.165, 1.54) is 5.56 Å². The van der Waals surface area contributed by atoms with Gasteiger partial charge in [-0.1, -0.05) is 37.3 Å². The summed E-state index contributed by atoms with van der Waals surface area (Å²) in [6.07, 6.45) is 0. The Morgan fingerprint density at radius 1 is 1.06 bits per heavy atom. The fraction of sp³-hybridized carbons (Fsp3) is 0.571. The SMILES string of the molecule is CCNC(COCCOCC)c1ccccc1. The molecule has 0 radical (unpaired) electrons. The first-order chi connectivity index (χ1) is 8.38. The summed E-state index contributed by atoms with van der Waals surface area (Å²) in [5.74, 6) is 0. The third-order valence-electron chi connectivity index (χ3n) is 2.51. The predicted molar refractivity (Wildman–Crippen MR) is 70.2 cm³/mol. The molecular weight excluding hydrogens is 214 g/mol. The first kappa shape index (κ1) is 14.2. The Balaban J connectivity index is 2.33. The maximum atomic E-state index is 5.62. The number of hydrogen-bond donors (Lipinski definition) is 1. The molecule has 1 atom stereocenters. The van der Waals surface area contributed by atoms with Gasteiger partial charge >= 0.3 is 0 Å². The van der Waals surface area contributed by atoms with Gasteiger partial charge in [-0.3, -0.25) is 0 Å². The van der Waals surface area contributed by atoms with Crippen LogP contribution in [0.25, 0.3) is 0 Å². The molecule has 3 heteroatoms. The Labute approximate surface area is 104 Å². The normalized spacial score (nSPS) is 12.6. The highest BCUT2D eigenvalue weighted by Gasteiger charge is 2.09. The van der Waals surface area contributed by atoms with Gasteiger partial charge in [-0.15, -0.1) is 0 Å². The van der Waals surface area contributed by atoms with Gasteiger partial charge in [-0.05, 0) is 19.0 Å². The van der Waals surface area contributed by atoms with Crippen molar-refractivity contribution >= 4 is 0 Å². The summed E-state index contributed by atoms with van der Waals surface area (Å²) in [5, 5.41) is 3.42. The molecule has 1 rings (SSSR count). The molecule has 1 N–H and O–H groups in total. The van der Waals surface area contributed by atoms with E-state index in [2.05, 4.69) is 36.5 Å². The van der Waals surface area contributed by atoms with Gasteiger partial charge in [0.15, 0.2) is 0 Å². The lowest BCUT2D eigenvalue weighted by molar-refractivity contribution is 0.0435. The molecule has 17 heavy (non-hydrogen) atoms. The maximum Gasteiger partial charge on any atom is 0.0701 e. The molecule has 0 amide bonds. The first-order valence-corrected chi connectivity index (χ1v) is 6.32. The van der Waals surface area contributed by atoms with E-state index in [-0.39, 0.29) is 6.04 Å². The van der Waals surface area contributed by atoms with E-state index in [1.54, 1.807) is 0 Å². The van der Waals surface area contributed by atoms with Crippen molar-refractivity contribution < 1.29 is 9.47 Å². The zero-order valence-electron chi connectivity index (χ0n) is 10.8. The molecular formula is C14H23NO2. The van der Waals surface area contributed by atoms with E-state index in [0.717, 1.165) is 13.2 Å². The van der Waals surface area contributed by atoms with Crippen LogP contribution in [0.1, 0.15) is 25.5 Å². The average molecular weight is 237 g/mol. The third-order valence-corrected chi connectivity index (χ3v) is 2.51. The topological polar surface area (TPSA) is 30.5 Å². The lowest BCUT2D eigenvalue weighted by atomic mass is 10.1. The molecule has 0 bridgehead atoms. The number of nitrogens with one attached hydrogen (secondary N) is 1. The van der Waals surface area contributed by atoms with Crippen LogP contribution in [-0.4, -0.2) is 33.0 Å². The number of likely N-dealkylation sites (N-methyl/N-ethyl adjacent to an activating group) is 1. The fourth-order valence-electron chi connectivity index (χ4n) is 1.67. The highest BCUT2D eigenvalue weighted by atomic mass is 16.5. The minimum absolute atomic E-state index is 0.267. The number of rotatable bonds is 9. The van der Waals surface area contributed by atoms with Crippen molar-refractivity contribution in [1.29, 1.82) is 0 Å². The van der Waals surface area contributed by atoms with Crippen LogP contribution in [0.5, 0.6) is 0 Å². The molecule has 0 fully saturated rings. The number of ether oxygens (including phenoxy) is 2. The third kappa shape index (κ3) is 5.82. The highest BCUT2D eigenvalue weighted by Crippen LogP contribution is 2.12. The summed E-state index contributed by atoms with van der Waals surface area (Å²) in [4.78, 5) is 0. The van der Waals surface area contributed by atoms with E-state index < -0.39 is 0 Å². The number of benzene rings is 1. The van der Waals surface area contributed by atoms with E-state index in [9.17, 15) is 0 Å². The average Bonchev–Trinajstić information content (AvgIpc) is 2.38. The molecule has 96 valence electrons. The summed E-state index contributed by atoms with van der Waals surface area (Å²) in [7, 11) is 0. The summed E-state index contributed by atoms with van der Waals surface area (Å²) in [5.41, 5.74) is 1.27.